The molecular formula is C12H12Cl2N2O5. The largest absolute Gasteiger partial charge is 0.482 e. The highest BCUT2D eigenvalue weighted by molar-refractivity contribution is 6.34. The van der Waals surface area contributed by atoms with Gasteiger partial charge in [0.15, 0.2) is 6.61 Å². The van der Waals surface area contributed by atoms with Gasteiger partial charge in [-0.3, -0.25) is 9.59 Å². The van der Waals surface area contributed by atoms with E-state index in [1.165, 1.54) is 12.1 Å². The lowest BCUT2D eigenvalue weighted by Crippen LogP contribution is -2.45. The zero-order valence-electron chi connectivity index (χ0n) is 10.6. The maximum Gasteiger partial charge on any atom is 0.326 e. The number of carbonyl (C=O) groups is 3. The van der Waals surface area contributed by atoms with Gasteiger partial charge in [-0.15, -0.1) is 0 Å². The van der Waals surface area contributed by atoms with Gasteiger partial charge in [0.1, 0.15) is 11.8 Å². The number of aliphatic carboxylic acids is 1. The third kappa shape index (κ3) is 5.88. The van der Waals surface area contributed by atoms with Gasteiger partial charge in [0.05, 0.1) is 11.4 Å². The molecule has 0 saturated carbocycles. The summed E-state index contributed by atoms with van der Waals surface area (Å²) < 4.78 is 5.13. The molecule has 0 spiro atoms. The fraction of sp³-hybridized carbons (Fsp3) is 0.250. The average molecular weight is 335 g/mol. The molecule has 1 aromatic rings. The van der Waals surface area contributed by atoms with E-state index in [0.29, 0.717) is 5.02 Å². The Balaban J connectivity index is 2.58. The van der Waals surface area contributed by atoms with Gasteiger partial charge in [0.2, 0.25) is 5.91 Å². The van der Waals surface area contributed by atoms with Gasteiger partial charge in [-0.1, -0.05) is 23.2 Å². The molecule has 0 heterocycles. The molecule has 0 radical (unpaired) electrons. The van der Waals surface area contributed by atoms with Gasteiger partial charge in [-0.05, 0) is 12.1 Å². The third-order valence-corrected chi connectivity index (χ3v) is 2.84. The van der Waals surface area contributed by atoms with E-state index >= 15 is 0 Å². The molecule has 0 aliphatic carbocycles. The Kier molecular flexibility index (Phi) is 6.26. The smallest absolute Gasteiger partial charge is 0.326 e. The van der Waals surface area contributed by atoms with Gasteiger partial charge in [-0.25, -0.2) is 4.79 Å². The lowest BCUT2D eigenvalue weighted by molar-refractivity contribution is -0.143. The second-order valence-corrected chi connectivity index (χ2v) is 4.84. The van der Waals surface area contributed by atoms with Gasteiger partial charge < -0.3 is 20.9 Å². The number of nitrogens with one attached hydrogen (secondary N) is 1. The molecule has 1 rings (SSSR count). The summed E-state index contributed by atoms with van der Waals surface area (Å²) in [7, 11) is 0. The van der Waals surface area contributed by atoms with Crippen LogP contribution in [0.25, 0.3) is 0 Å². The summed E-state index contributed by atoms with van der Waals surface area (Å²) in [4.78, 5) is 33.1. The van der Waals surface area contributed by atoms with Crippen molar-refractivity contribution in [3.63, 3.8) is 0 Å². The van der Waals surface area contributed by atoms with Gasteiger partial charge in [0.25, 0.3) is 5.91 Å². The van der Waals surface area contributed by atoms with Crippen molar-refractivity contribution in [1.29, 1.82) is 0 Å². The van der Waals surface area contributed by atoms with Crippen LogP contribution in [0.2, 0.25) is 10.0 Å². The van der Waals surface area contributed by atoms with Crippen LogP contribution in [0.3, 0.4) is 0 Å². The molecule has 0 saturated heterocycles. The van der Waals surface area contributed by atoms with Crippen molar-refractivity contribution in [2.45, 2.75) is 12.5 Å². The number of primary amides is 1. The predicted octanol–water partition coefficient (Wildman–Crippen LogP) is 0.817. The zero-order valence-corrected chi connectivity index (χ0v) is 12.1. The number of rotatable bonds is 7. The predicted molar refractivity (Wildman–Crippen MR) is 75.3 cm³/mol. The summed E-state index contributed by atoms with van der Waals surface area (Å²) in [6.45, 7) is -0.484. The minimum Gasteiger partial charge on any atom is -0.482 e. The molecule has 0 aliphatic rings. The van der Waals surface area contributed by atoms with E-state index in [-0.39, 0.29) is 10.8 Å². The fourth-order valence-corrected chi connectivity index (χ4v) is 1.70. The topological polar surface area (TPSA) is 119 Å². The van der Waals surface area contributed by atoms with Crippen molar-refractivity contribution in [2.24, 2.45) is 5.73 Å². The van der Waals surface area contributed by atoms with Crippen molar-refractivity contribution in [1.82, 2.24) is 5.32 Å². The number of carboxylic acids is 1. The van der Waals surface area contributed by atoms with Gasteiger partial charge >= 0.3 is 5.97 Å². The SMILES string of the molecule is NC(=O)C[C@H](NC(=O)COc1cc(Cl)ccc1Cl)C(=O)O. The number of carbonyl (C=O) groups excluding carboxylic acids is 2. The molecule has 21 heavy (non-hydrogen) atoms. The number of hydrogen-bond acceptors (Lipinski definition) is 4. The van der Waals surface area contributed by atoms with E-state index in [0.717, 1.165) is 0 Å². The first-order valence-electron chi connectivity index (χ1n) is 5.68. The molecule has 4 N–H and O–H groups in total. The van der Waals surface area contributed by atoms with Crippen molar-refractivity contribution in [2.75, 3.05) is 6.61 Å². The van der Waals surface area contributed by atoms with Crippen LogP contribution >= 0.6 is 23.2 Å². The number of carboxylic acid groups (broad SMARTS) is 1. The highest BCUT2D eigenvalue weighted by atomic mass is 35.5. The first kappa shape index (κ1) is 17.1. The van der Waals surface area contributed by atoms with E-state index in [1.54, 1.807) is 6.07 Å². The maximum atomic E-state index is 11.6. The van der Waals surface area contributed by atoms with Crippen LogP contribution < -0.4 is 15.8 Å². The molecule has 0 aromatic heterocycles. The number of amides is 2. The second kappa shape index (κ2) is 7.70. The van der Waals surface area contributed by atoms with Crippen LogP contribution in [0.15, 0.2) is 18.2 Å². The average Bonchev–Trinajstić information content (AvgIpc) is 2.38. The molecule has 7 nitrogen and oxygen atoms in total. The van der Waals surface area contributed by atoms with Crippen LogP contribution in [0, 0.1) is 0 Å². The zero-order chi connectivity index (χ0) is 16.0. The first-order valence-corrected chi connectivity index (χ1v) is 6.43. The normalized spacial score (nSPS) is 11.5. The number of hydrogen-bond donors (Lipinski definition) is 3. The number of nitrogens with two attached hydrogens (primary N) is 1. The standard InChI is InChI=1S/C12H12Cl2N2O5/c13-6-1-2-7(14)9(3-6)21-5-11(18)16-8(12(19)20)4-10(15)17/h1-3,8H,4-5H2,(H2,15,17)(H,16,18)(H,19,20)/t8-/m0/s1. The first-order chi connectivity index (χ1) is 9.79. The summed E-state index contributed by atoms with van der Waals surface area (Å²) in [5, 5.41) is 11.6. The highest BCUT2D eigenvalue weighted by Gasteiger charge is 2.22. The molecule has 1 atom stereocenters. The minimum atomic E-state index is -1.41. The van der Waals surface area contributed by atoms with Crippen LogP contribution in [0.1, 0.15) is 6.42 Å². The number of benzene rings is 1. The number of ether oxygens (including phenoxy) is 1. The van der Waals surface area contributed by atoms with Crippen LogP contribution in [-0.2, 0) is 14.4 Å². The molecule has 0 bridgehead atoms. The summed E-state index contributed by atoms with van der Waals surface area (Å²) in [6, 6.07) is 3.04. The van der Waals surface area contributed by atoms with Crippen molar-refractivity contribution in [3.05, 3.63) is 28.2 Å². The van der Waals surface area contributed by atoms with E-state index in [9.17, 15) is 14.4 Å². The Morgan fingerprint density at radius 1 is 1.33 bits per heavy atom. The Bertz CT molecular complexity index is 565. The van der Waals surface area contributed by atoms with Crippen molar-refractivity contribution >= 4 is 41.0 Å². The molecule has 0 aliphatic heterocycles. The van der Waals surface area contributed by atoms with Crippen LogP contribution in [0.4, 0.5) is 0 Å². The quantitative estimate of drug-likeness (QED) is 0.681. The van der Waals surface area contributed by atoms with Crippen molar-refractivity contribution in [3.8, 4) is 5.75 Å². The summed E-state index contributed by atoms with van der Waals surface area (Å²) in [6.07, 6.45) is -0.515. The summed E-state index contributed by atoms with van der Waals surface area (Å²) in [5.74, 6) is -2.77. The maximum absolute atomic E-state index is 11.6. The Morgan fingerprint density at radius 2 is 2.00 bits per heavy atom. The van der Waals surface area contributed by atoms with E-state index in [1.807, 2.05) is 0 Å². The molecule has 9 heteroatoms. The second-order valence-electron chi connectivity index (χ2n) is 3.99. The lowest BCUT2D eigenvalue weighted by Gasteiger charge is -2.13. The third-order valence-electron chi connectivity index (χ3n) is 2.29. The number of halogens is 2. The van der Waals surface area contributed by atoms with Gasteiger partial charge in [-0.2, -0.15) is 0 Å². The Hall–Kier alpha value is -1.99. The summed E-state index contributed by atoms with van der Waals surface area (Å²) >= 11 is 11.6. The van der Waals surface area contributed by atoms with Crippen LogP contribution in [0.5, 0.6) is 5.75 Å². The molecule has 0 fully saturated rings. The minimum absolute atomic E-state index is 0.182. The Labute approximate surface area is 130 Å². The molecule has 2 amide bonds. The van der Waals surface area contributed by atoms with E-state index in [4.69, 9.17) is 38.8 Å². The van der Waals surface area contributed by atoms with E-state index in [2.05, 4.69) is 5.32 Å². The molecule has 0 unspecified atom stereocenters. The van der Waals surface area contributed by atoms with Gasteiger partial charge in [0, 0.05) is 11.1 Å². The molecule has 114 valence electrons. The Morgan fingerprint density at radius 3 is 2.57 bits per heavy atom. The van der Waals surface area contributed by atoms with Crippen LogP contribution in [-0.4, -0.2) is 35.5 Å². The highest BCUT2D eigenvalue weighted by Crippen LogP contribution is 2.27. The summed E-state index contributed by atoms with van der Waals surface area (Å²) in [5.41, 5.74) is 4.89. The fourth-order valence-electron chi connectivity index (χ4n) is 1.37. The lowest BCUT2D eigenvalue weighted by atomic mass is 10.2. The molecular weight excluding hydrogens is 323 g/mol. The molecule has 1 aromatic carbocycles. The van der Waals surface area contributed by atoms with E-state index < -0.39 is 36.9 Å². The van der Waals surface area contributed by atoms with Crippen molar-refractivity contribution < 1.29 is 24.2 Å². The monoisotopic (exact) mass is 334 g/mol.